The first-order valence-electron chi connectivity index (χ1n) is 4.01. The van der Waals surface area contributed by atoms with Gasteiger partial charge in [0.2, 0.25) is 5.91 Å². The highest BCUT2D eigenvalue weighted by Gasteiger charge is 2.11. The predicted octanol–water partition coefficient (Wildman–Crippen LogP) is 1.85. The molecule has 11 heavy (non-hydrogen) atoms. The normalized spacial score (nSPS) is 9.36. The molecular weight excluding hydrogens is 140 g/mol. The second-order valence-electron chi connectivity index (χ2n) is 2.68. The van der Waals surface area contributed by atoms with Crippen LogP contribution in [0.4, 0.5) is 0 Å². The average molecular weight is 160 g/mol. The van der Waals surface area contributed by atoms with Crippen LogP contribution in [-0.4, -0.2) is 5.91 Å². The summed E-state index contributed by atoms with van der Waals surface area (Å²) in [6.07, 6.45) is 3.99. The molecule has 3 nitrogen and oxygen atoms in total. The molecule has 0 rings (SSSR count). The average Bonchev–Trinajstić information content (AvgIpc) is 1.87. The van der Waals surface area contributed by atoms with Crippen molar-refractivity contribution in [3.05, 3.63) is 0 Å². The van der Waals surface area contributed by atoms with Crippen molar-refractivity contribution in [3.8, 4) is 0 Å². The standard InChI is InChI=1S/C8H17NO.H3N/c1-3-5-7(6-4-2)8(9)10;/h7H,3-6H2,1-2H3,(H2,9,10);1H3. The van der Waals surface area contributed by atoms with Gasteiger partial charge in [0.05, 0.1) is 0 Å². The molecule has 0 aliphatic carbocycles. The van der Waals surface area contributed by atoms with Crippen molar-refractivity contribution in [2.24, 2.45) is 11.7 Å². The fourth-order valence-corrected chi connectivity index (χ4v) is 1.13. The van der Waals surface area contributed by atoms with Crippen LogP contribution in [0.3, 0.4) is 0 Å². The molecule has 0 saturated heterocycles. The van der Waals surface area contributed by atoms with Gasteiger partial charge in [0, 0.05) is 5.92 Å². The monoisotopic (exact) mass is 160 g/mol. The summed E-state index contributed by atoms with van der Waals surface area (Å²) in [5.41, 5.74) is 5.17. The largest absolute Gasteiger partial charge is 0.369 e. The molecule has 0 radical (unpaired) electrons. The molecule has 0 atom stereocenters. The van der Waals surface area contributed by atoms with Crippen molar-refractivity contribution in [2.45, 2.75) is 39.5 Å². The molecule has 1 amide bonds. The van der Waals surface area contributed by atoms with Gasteiger partial charge in [-0.1, -0.05) is 26.7 Å². The maximum atomic E-state index is 10.7. The van der Waals surface area contributed by atoms with Crippen LogP contribution in [0, 0.1) is 5.92 Å². The van der Waals surface area contributed by atoms with E-state index < -0.39 is 0 Å². The van der Waals surface area contributed by atoms with Gasteiger partial charge >= 0.3 is 0 Å². The number of hydrogen-bond donors (Lipinski definition) is 2. The summed E-state index contributed by atoms with van der Waals surface area (Å²) < 4.78 is 0. The third-order valence-corrected chi connectivity index (χ3v) is 1.68. The van der Waals surface area contributed by atoms with Crippen molar-refractivity contribution < 1.29 is 4.79 Å². The van der Waals surface area contributed by atoms with Gasteiger partial charge < -0.3 is 11.9 Å². The minimum Gasteiger partial charge on any atom is -0.369 e. The molecule has 0 bridgehead atoms. The van der Waals surface area contributed by atoms with E-state index >= 15 is 0 Å². The van der Waals surface area contributed by atoms with E-state index in [-0.39, 0.29) is 18.0 Å². The molecular formula is C8H20N2O. The number of hydrogen-bond acceptors (Lipinski definition) is 2. The Labute approximate surface area is 68.9 Å². The van der Waals surface area contributed by atoms with E-state index in [0.717, 1.165) is 25.7 Å². The van der Waals surface area contributed by atoms with Crippen LogP contribution in [0.25, 0.3) is 0 Å². The Hall–Kier alpha value is -0.570. The molecule has 0 aliphatic rings. The molecule has 0 spiro atoms. The molecule has 0 fully saturated rings. The van der Waals surface area contributed by atoms with Gasteiger partial charge in [0.25, 0.3) is 0 Å². The van der Waals surface area contributed by atoms with Crippen molar-refractivity contribution in [3.63, 3.8) is 0 Å². The SMILES string of the molecule is CCCC(CCC)C(N)=O.N. The first-order valence-corrected chi connectivity index (χ1v) is 4.01. The summed E-state index contributed by atoms with van der Waals surface area (Å²) in [7, 11) is 0. The lowest BCUT2D eigenvalue weighted by Gasteiger charge is -2.09. The molecule has 0 aromatic carbocycles. The third kappa shape index (κ3) is 5.85. The van der Waals surface area contributed by atoms with Gasteiger partial charge in [-0.25, -0.2) is 0 Å². The number of amides is 1. The second kappa shape index (κ2) is 7.54. The Kier molecular flexibility index (Phi) is 8.94. The number of carbonyl (C=O) groups is 1. The molecule has 0 aliphatic heterocycles. The summed E-state index contributed by atoms with van der Waals surface area (Å²) in [4.78, 5) is 10.7. The van der Waals surface area contributed by atoms with E-state index in [1.54, 1.807) is 0 Å². The Morgan fingerprint density at radius 2 is 1.64 bits per heavy atom. The number of carbonyl (C=O) groups excluding carboxylic acids is 1. The molecule has 0 aromatic heterocycles. The summed E-state index contributed by atoms with van der Waals surface area (Å²) in [6.45, 7) is 4.15. The summed E-state index contributed by atoms with van der Waals surface area (Å²) >= 11 is 0. The first kappa shape index (κ1) is 13.1. The van der Waals surface area contributed by atoms with Crippen molar-refractivity contribution in [1.29, 1.82) is 0 Å². The van der Waals surface area contributed by atoms with E-state index in [1.807, 2.05) is 0 Å². The molecule has 0 aromatic rings. The maximum absolute atomic E-state index is 10.7. The quantitative estimate of drug-likeness (QED) is 0.643. The zero-order chi connectivity index (χ0) is 7.98. The molecule has 0 saturated carbocycles. The van der Waals surface area contributed by atoms with Crippen molar-refractivity contribution in [2.75, 3.05) is 0 Å². The van der Waals surface area contributed by atoms with Gasteiger partial charge in [-0.2, -0.15) is 0 Å². The highest BCUT2D eigenvalue weighted by atomic mass is 16.1. The Balaban J connectivity index is 0. The van der Waals surface area contributed by atoms with Crippen molar-refractivity contribution >= 4 is 5.91 Å². The van der Waals surface area contributed by atoms with Gasteiger partial charge in [-0.3, -0.25) is 4.79 Å². The lowest BCUT2D eigenvalue weighted by atomic mass is 9.98. The molecule has 5 N–H and O–H groups in total. The van der Waals surface area contributed by atoms with Gasteiger partial charge in [0.1, 0.15) is 0 Å². The molecule has 3 heteroatoms. The van der Waals surface area contributed by atoms with Crippen molar-refractivity contribution in [1.82, 2.24) is 6.15 Å². The zero-order valence-corrected chi connectivity index (χ0v) is 7.60. The van der Waals surface area contributed by atoms with Gasteiger partial charge in [0.15, 0.2) is 0 Å². The number of nitrogens with two attached hydrogens (primary N) is 1. The van der Waals surface area contributed by atoms with Crippen LogP contribution in [0.5, 0.6) is 0 Å². The fourth-order valence-electron chi connectivity index (χ4n) is 1.13. The van der Waals surface area contributed by atoms with Gasteiger partial charge in [-0.05, 0) is 12.8 Å². The van der Waals surface area contributed by atoms with Crippen LogP contribution in [0.1, 0.15) is 39.5 Å². The molecule has 0 unspecified atom stereocenters. The Bertz CT molecular complexity index is 98.3. The lowest BCUT2D eigenvalue weighted by Crippen LogP contribution is -2.22. The van der Waals surface area contributed by atoms with Crippen LogP contribution in [0.2, 0.25) is 0 Å². The minimum absolute atomic E-state index is 0. The van der Waals surface area contributed by atoms with E-state index in [2.05, 4.69) is 13.8 Å². The van der Waals surface area contributed by atoms with E-state index in [1.165, 1.54) is 0 Å². The van der Waals surface area contributed by atoms with Gasteiger partial charge in [-0.15, -0.1) is 0 Å². The van der Waals surface area contributed by atoms with Crippen LogP contribution in [0.15, 0.2) is 0 Å². The second-order valence-corrected chi connectivity index (χ2v) is 2.68. The smallest absolute Gasteiger partial charge is 0.220 e. The van der Waals surface area contributed by atoms with Crippen LogP contribution < -0.4 is 11.9 Å². The summed E-state index contributed by atoms with van der Waals surface area (Å²) in [5.74, 6) is -0.0151. The topological polar surface area (TPSA) is 78.1 Å². The van der Waals surface area contributed by atoms with E-state index in [0.29, 0.717) is 0 Å². The predicted molar refractivity (Wildman–Crippen MR) is 47.5 cm³/mol. The molecule has 68 valence electrons. The number of rotatable bonds is 5. The van der Waals surface area contributed by atoms with E-state index in [9.17, 15) is 4.79 Å². The highest BCUT2D eigenvalue weighted by molar-refractivity contribution is 5.76. The Morgan fingerprint density at radius 3 is 1.82 bits per heavy atom. The minimum atomic E-state index is -0.135. The number of primary amides is 1. The third-order valence-electron chi connectivity index (χ3n) is 1.68. The van der Waals surface area contributed by atoms with E-state index in [4.69, 9.17) is 5.73 Å². The lowest BCUT2D eigenvalue weighted by molar-refractivity contribution is -0.122. The fraction of sp³-hybridized carbons (Fsp3) is 0.875. The summed E-state index contributed by atoms with van der Waals surface area (Å²) in [5, 5.41) is 0. The first-order chi connectivity index (χ1) is 4.72. The Morgan fingerprint density at radius 1 is 1.27 bits per heavy atom. The zero-order valence-electron chi connectivity index (χ0n) is 7.60. The van der Waals surface area contributed by atoms with Crippen LogP contribution in [-0.2, 0) is 4.79 Å². The molecule has 0 heterocycles. The highest BCUT2D eigenvalue weighted by Crippen LogP contribution is 2.11. The summed E-state index contributed by atoms with van der Waals surface area (Å²) in [6, 6.07) is 0. The maximum Gasteiger partial charge on any atom is 0.220 e. The van der Waals surface area contributed by atoms with Crippen LogP contribution >= 0.6 is 0 Å².